The van der Waals surface area contributed by atoms with Crippen molar-refractivity contribution >= 4 is 5.91 Å². The van der Waals surface area contributed by atoms with Crippen LogP contribution in [-0.4, -0.2) is 17.9 Å². The second-order valence-corrected chi connectivity index (χ2v) is 3.89. The molecular weight excluding hydrogens is 174 g/mol. The number of hydrogen-bond acceptors (Lipinski definition) is 1. The smallest absolute Gasteiger partial charge is 0.234 e. The molecule has 2 heteroatoms. The Morgan fingerprint density at radius 2 is 1.86 bits per heavy atom. The van der Waals surface area contributed by atoms with E-state index in [9.17, 15) is 4.79 Å². The van der Waals surface area contributed by atoms with Crippen LogP contribution in [-0.2, 0) is 4.79 Å². The van der Waals surface area contributed by atoms with Crippen molar-refractivity contribution in [1.82, 2.24) is 4.90 Å². The lowest BCUT2D eigenvalue weighted by Crippen LogP contribution is -2.41. The van der Waals surface area contributed by atoms with Gasteiger partial charge in [0.2, 0.25) is 5.91 Å². The molecular formula is C12H11NO. The third-order valence-electron chi connectivity index (χ3n) is 3.17. The molecule has 1 amide bonds. The lowest BCUT2D eigenvalue weighted by atomic mass is 9.80. The number of likely N-dealkylation sites (N-methyl/N-ethyl adjacent to an activating group) is 1. The highest BCUT2D eigenvalue weighted by molar-refractivity contribution is 5.90. The predicted molar refractivity (Wildman–Crippen MR) is 53.8 cm³/mol. The molecule has 0 saturated heterocycles. The molecule has 4 rings (SSSR count). The third kappa shape index (κ3) is 0.782. The van der Waals surface area contributed by atoms with Crippen molar-refractivity contribution in [3.63, 3.8) is 0 Å². The zero-order valence-corrected chi connectivity index (χ0v) is 7.97. The average Bonchev–Trinajstić information content (AvgIpc) is 2.24. The van der Waals surface area contributed by atoms with Crippen molar-refractivity contribution in [1.29, 1.82) is 0 Å². The first-order valence-corrected chi connectivity index (χ1v) is 4.83. The Balaban J connectivity index is 2.26. The summed E-state index contributed by atoms with van der Waals surface area (Å²) in [7, 11) is 1.87. The van der Waals surface area contributed by atoms with Crippen molar-refractivity contribution < 1.29 is 4.79 Å². The molecule has 2 nitrogen and oxygen atoms in total. The Bertz CT molecular complexity index is 436. The molecule has 1 aliphatic carbocycles. The Hall–Kier alpha value is -1.57. The van der Waals surface area contributed by atoms with E-state index in [1.165, 1.54) is 11.1 Å². The van der Waals surface area contributed by atoms with E-state index in [1.54, 1.807) is 0 Å². The van der Waals surface area contributed by atoms with E-state index in [1.807, 2.05) is 30.2 Å². The highest BCUT2D eigenvalue weighted by Gasteiger charge is 2.38. The van der Waals surface area contributed by atoms with Crippen LogP contribution in [0.15, 0.2) is 36.4 Å². The fourth-order valence-corrected chi connectivity index (χ4v) is 2.40. The van der Waals surface area contributed by atoms with Crippen LogP contribution in [0.5, 0.6) is 0 Å². The van der Waals surface area contributed by atoms with Crippen molar-refractivity contribution in [2.75, 3.05) is 7.05 Å². The number of fused-ring (bicyclic) bond motifs is 1. The molecule has 2 heterocycles. The number of rotatable bonds is 0. The van der Waals surface area contributed by atoms with Gasteiger partial charge in [0.05, 0.1) is 12.0 Å². The standard InChI is InChI=1S/C12H11NO/c1-13-11-7-6-10(12(13)14)8-4-2-3-5-9(8)11/h2-7,10-11H,1H3/t10-,11+/m1/s1. The number of amides is 1. The van der Waals surface area contributed by atoms with Crippen molar-refractivity contribution in [3.05, 3.63) is 47.5 Å². The minimum Gasteiger partial charge on any atom is -0.334 e. The van der Waals surface area contributed by atoms with Gasteiger partial charge in [-0.15, -0.1) is 0 Å². The number of benzene rings is 1. The number of carbonyl (C=O) groups is 1. The first kappa shape index (κ1) is 7.80. The summed E-state index contributed by atoms with van der Waals surface area (Å²) in [6.45, 7) is 0. The molecule has 0 fully saturated rings. The summed E-state index contributed by atoms with van der Waals surface area (Å²) in [5.41, 5.74) is 2.46. The van der Waals surface area contributed by atoms with Gasteiger partial charge in [-0.05, 0) is 11.1 Å². The molecule has 0 aromatic heterocycles. The first-order valence-electron chi connectivity index (χ1n) is 4.83. The minimum absolute atomic E-state index is 0.0406. The van der Waals surface area contributed by atoms with E-state index in [4.69, 9.17) is 0 Å². The maximum atomic E-state index is 11.8. The van der Waals surface area contributed by atoms with E-state index in [0.717, 1.165) is 0 Å². The molecule has 2 aliphatic heterocycles. The lowest BCUT2D eigenvalue weighted by Gasteiger charge is -2.40. The Morgan fingerprint density at radius 3 is 2.64 bits per heavy atom. The van der Waals surface area contributed by atoms with E-state index in [-0.39, 0.29) is 17.9 Å². The van der Waals surface area contributed by atoms with Gasteiger partial charge >= 0.3 is 0 Å². The molecule has 0 N–H and O–H groups in total. The summed E-state index contributed by atoms with van der Waals surface area (Å²) in [6.07, 6.45) is 4.14. The quantitative estimate of drug-likeness (QED) is 0.565. The van der Waals surface area contributed by atoms with Gasteiger partial charge in [0.25, 0.3) is 0 Å². The summed E-state index contributed by atoms with van der Waals surface area (Å²) in [4.78, 5) is 13.7. The topological polar surface area (TPSA) is 20.3 Å². The van der Waals surface area contributed by atoms with Crippen LogP contribution in [0.25, 0.3) is 0 Å². The molecule has 2 atom stereocenters. The molecule has 0 spiro atoms. The van der Waals surface area contributed by atoms with Crippen LogP contribution in [0.3, 0.4) is 0 Å². The van der Waals surface area contributed by atoms with Gasteiger partial charge in [0.15, 0.2) is 0 Å². The van der Waals surface area contributed by atoms with E-state index < -0.39 is 0 Å². The zero-order valence-electron chi connectivity index (χ0n) is 7.97. The number of nitrogens with zero attached hydrogens (tertiary/aromatic N) is 1. The summed E-state index contributed by atoms with van der Waals surface area (Å²) >= 11 is 0. The van der Waals surface area contributed by atoms with Crippen molar-refractivity contribution in [3.8, 4) is 0 Å². The summed E-state index contributed by atoms with van der Waals surface area (Å²) in [5, 5.41) is 0. The maximum Gasteiger partial charge on any atom is 0.234 e. The monoisotopic (exact) mass is 185 g/mol. The predicted octanol–water partition coefficient (Wildman–Crippen LogP) is 1.85. The van der Waals surface area contributed by atoms with Gasteiger partial charge in [-0.1, -0.05) is 36.4 Å². The van der Waals surface area contributed by atoms with Crippen molar-refractivity contribution in [2.45, 2.75) is 12.0 Å². The van der Waals surface area contributed by atoms with Crippen LogP contribution < -0.4 is 0 Å². The zero-order chi connectivity index (χ0) is 9.71. The second kappa shape index (κ2) is 2.47. The molecule has 2 bridgehead atoms. The average molecular weight is 185 g/mol. The van der Waals surface area contributed by atoms with Crippen molar-refractivity contribution in [2.24, 2.45) is 0 Å². The van der Waals surface area contributed by atoms with Crippen LogP contribution in [0.4, 0.5) is 0 Å². The number of hydrogen-bond donors (Lipinski definition) is 0. The van der Waals surface area contributed by atoms with Gasteiger partial charge in [-0.2, -0.15) is 0 Å². The second-order valence-electron chi connectivity index (χ2n) is 3.89. The van der Waals surface area contributed by atoms with E-state index in [0.29, 0.717) is 0 Å². The normalized spacial score (nSPS) is 28.1. The van der Waals surface area contributed by atoms with Gasteiger partial charge in [-0.3, -0.25) is 4.79 Å². The molecule has 0 radical (unpaired) electrons. The summed E-state index contributed by atoms with van der Waals surface area (Å²) in [5.74, 6) is 0.178. The van der Waals surface area contributed by atoms with Gasteiger partial charge in [-0.25, -0.2) is 0 Å². The SMILES string of the molecule is CN1C(=O)[C@@H]2C=C[C@H]1c1ccccc12. The highest BCUT2D eigenvalue weighted by atomic mass is 16.2. The number of carbonyl (C=O) groups excluding carboxylic acids is 1. The van der Waals surface area contributed by atoms with E-state index in [2.05, 4.69) is 18.2 Å². The molecule has 14 heavy (non-hydrogen) atoms. The Morgan fingerprint density at radius 1 is 1.14 bits per heavy atom. The third-order valence-corrected chi connectivity index (χ3v) is 3.17. The fourth-order valence-electron chi connectivity index (χ4n) is 2.40. The van der Waals surface area contributed by atoms with Crippen LogP contribution in [0, 0.1) is 0 Å². The molecule has 1 aromatic rings. The largest absolute Gasteiger partial charge is 0.334 e. The molecule has 0 saturated carbocycles. The highest BCUT2D eigenvalue weighted by Crippen LogP contribution is 2.41. The van der Waals surface area contributed by atoms with E-state index >= 15 is 0 Å². The van der Waals surface area contributed by atoms with Gasteiger partial charge < -0.3 is 4.90 Å². The fraction of sp³-hybridized carbons (Fsp3) is 0.250. The van der Waals surface area contributed by atoms with Gasteiger partial charge in [0, 0.05) is 7.05 Å². The van der Waals surface area contributed by atoms with Crippen LogP contribution >= 0.6 is 0 Å². The maximum absolute atomic E-state index is 11.8. The van der Waals surface area contributed by atoms with Gasteiger partial charge in [0.1, 0.15) is 0 Å². The van der Waals surface area contributed by atoms with Crippen LogP contribution in [0.2, 0.25) is 0 Å². The Kier molecular flexibility index (Phi) is 1.38. The Labute approximate surface area is 82.8 Å². The summed E-state index contributed by atoms with van der Waals surface area (Å²) < 4.78 is 0. The molecule has 70 valence electrons. The first-order chi connectivity index (χ1) is 6.79. The minimum atomic E-state index is -0.0406. The molecule has 0 unspecified atom stereocenters. The molecule has 3 aliphatic rings. The van der Waals surface area contributed by atoms with Crippen LogP contribution in [0.1, 0.15) is 23.1 Å². The molecule has 1 aromatic carbocycles. The lowest BCUT2D eigenvalue weighted by molar-refractivity contribution is -0.133. The summed E-state index contributed by atoms with van der Waals surface area (Å²) in [6, 6.07) is 8.36.